The predicted molar refractivity (Wildman–Crippen MR) is 67.1 cm³/mol. The van der Waals surface area contributed by atoms with Crippen molar-refractivity contribution < 1.29 is 19.1 Å². The largest absolute Gasteiger partial charge is 0.467 e. The first-order chi connectivity index (χ1) is 8.24. The van der Waals surface area contributed by atoms with E-state index in [0.29, 0.717) is 12.3 Å². The van der Waals surface area contributed by atoms with E-state index in [0.717, 1.165) is 12.8 Å². The van der Waals surface area contributed by atoms with Crippen LogP contribution in [0, 0.1) is 5.92 Å². The van der Waals surface area contributed by atoms with Gasteiger partial charge in [-0.3, -0.25) is 4.90 Å². The fraction of sp³-hybridized carbons (Fsp3) is 0.846. The summed E-state index contributed by atoms with van der Waals surface area (Å²) in [6, 6.07) is -0.544. The van der Waals surface area contributed by atoms with Crippen molar-refractivity contribution in [2.75, 3.05) is 14.2 Å². The van der Waals surface area contributed by atoms with E-state index in [9.17, 15) is 9.59 Å². The zero-order valence-electron chi connectivity index (χ0n) is 11.9. The first-order valence-electron chi connectivity index (χ1n) is 6.28. The van der Waals surface area contributed by atoms with Crippen LogP contribution >= 0.6 is 0 Å². The number of methoxy groups -OCH3 is 1. The Balaban J connectivity index is 2.65. The van der Waals surface area contributed by atoms with Crippen LogP contribution in [0.25, 0.3) is 0 Å². The van der Waals surface area contributed by atoms with Crippen LogP contribution in [0.2, 0.25) is 0 Å². The summed E-state index contributed by atoms with van der Waals surface area (Å²) in [5.41, 5.74) is -0.564. The van der Waals surface area contributed by atoms with E-state index in [1.165, 1.54) is 12.0 Å². The van der Waals surface area contributed by atoms with Gasteiger partial charge in [0.05, 0.1) is 7.11 Å². The molecule has 0 N–H and O–H groups in total. The van der Waals surface area contributed by atoms with Crippen LogP contribution in [-0.4, -0.2) is 42.8 Å². The van der Waals surface area contributed by atoms with E-state index < -0.39 is 17.7 Å². The first-order valence-corrected chi connectivity index (χ1v) is 6.28. The molecule has 0 aliphatic heterocycles. The highest BCUT2D eigenvalue weighted by molar-refractivity contribution is 5.81. The maximum Gasteiger partial charge on any atom is 0.410 e. The molecule has 5 heteroatoms. The summed E-state index contributed by atoms with van der Waals surface area (Å²) in [6.45, 7) is 5.40. The fourth-order valence-corrected chi connectivity index (χ4v) is 1.68. The molecule has 5 nitrogen and oxygen atoms in total. The number of amides is 1. The molecule has 1 atom stereocenters. The van der Waals surface area contributed by atoms with Crippen molar-refractivity contribution in [3.63, 3.8) is 0 Å². The van der Waals surface area contributed by atoms with E-state index >= 15 is 0 Å². The van der Waals surface area contributed by atoms with Gasteiger partial charge >= 0.3 is 12.1 Å². The van der Waals surface area contributed by atoms with Crippen LogP contribution in [0.1, 0.15) is 40.0 Å². The van der Waals surface area contributed by atoms with Crippen LogP contribution in [0.5, 0.6) is 0 Å². The number of carbonyl (C=O) groups is 2. The topological polar surface area (TPSA) is 55.8 Å². The molecular formula is C13H23NO4. The highest BCUT2D eigenvalue weighted by Gasteiger charge is 2.35. The molecule has 104 valence electrons. The van der Waals surface area contributed by atoms with Crippen molar-refractivity contribution >= 4 is 12.1 Å². The number of esters is 1. The third kappa shape index (κ3) is 4.55. The quantitative estimate of drug-likeness (QED) is 0.724. The minimum Gasteiger partial charge on any atom is -0.467 e. The second-order valence-electron chi connectivity index (χ2n) is 5.81. The van der Waals surface area contributed by atoms with Crippen molar-refractivity contribution in [1.82, 2.24) is 4.90 Å². The van der Waals surface area contributed by atoms with Gasteiger partial charge in [0.15, 0.2) is 0 Å². The second-order valence-corrected chi connectivity index (χ2v) is 5.81. The third-order valence-corrected chi connectivity index (χ3v) is 2.88. The molecule has 1 aliphatic rings. The Labute approximate surface area is 108 Å². The molecule has 1 aliphatic carbocycles. The average molecular weight is 257 g/mol. The normalized spacial score (nSPS) is 16.9. The summed E-state index contributed by atoms with van der Waals surface area (Å²) < 4.78 is 10.0. The molecule has 0 unspecified atom stereocenters. The lowest BCUT2D eigenvalue weighted by Gasteiger charge is -2.29. The zero-order chi connectivity index (χ0) is 13.9. The number of rotatable bonds is 4. The molecule has 0 aromatic heterocycles. The Hall–Kier alpha value is -1.26. The number of nitrogens with zero attached hydrogens (tertiary/aromatic N) is 1. The lowest BCUT2D eigenvalue weighted by atomic mass is 10.1. The van der Waals surface area contributed by atoms with Crippen molar-refractivity contribution in [3.05, 3.63) is 0 Å². The monoisotopic (exact) mass is 257 g/mol. The van der Waals surface area contributed by atoms with Crippen LogP contribution in [-0.2, 0) is 14.3 Å². The molecule has 1 rings (SSSR count). The van der Waals surface area contributed by atoms with Crippen molar-refractivity contribution in [1.29, 1.82) is 0 Å². The van der Waals surface area contributed by atoms with Crippen LogP contribution in [0.15, 0.2) is 0 Å². The van der Waals surface area contributed by atoms with Gasteiger partial charge in [-0.05, 0) is 33.1 Å². The van der Waals surface area contributed by atoms with E-state index in [4.69, 9.17) is 9.47 Å². The Morgan fingerprint density at radius 1 is 1.33 bits per heavy atom. The third-order valence-electron chi connectivity index (χ3n) is 2.88. The highest BCUT2D eigenvalue weighted by Crippen LogP contribution is 2.35. The second kappa shape index (κ2) is 5.59. The van der Waals surface area contributed by atoms with Crippen molar-refractivity contribution in [3.8, 4) is 0 Å². The summed E-state index contributed by atoms with van der Waals surface area (Å²) in [4.78, 5) is 25.0. The Morgan fingerprint density at radius 3 is 2.28 bits per heavy atom. The first kappa shape index (κ1) is 14.8. The van der Waals surface area contributed by atoms with Crippen LogP contribution < -0.4 is 0 Å². The SMILES string of the molecule is COC(=O)[C@H](CC1CC1)N(C)C(=O)OC(C)(C)C. The lowest BCUT2D eigenvalue weighted by molar-refractivity contribution is -0.146. The van der Waals surface area contributed by atoms with Gasteiger partial charge in [0.2, 0.25) is 0 Å². The molecule has 0 radical (unpaired) electrons. The summed E-state index contributed by atoms with van der Waals surface area (Å²) in [7, 11) is 2.92. The standard InChI is InChI=1S/C13H23NO4/c1-13(2,3)18-12(16)14(4)10(11(15)17-5)8-9-6-7-9/h9-10H,6-8H2,1-5H3/t10-/m0/s1. The van der Waals surface area contributed by atoms with E-state index in [1.807, 2.05) is 0 Å². The number of carbonyl (C=O) groups excluding carboxylic acids is 2. The van der Waals surface area contributed by atoms with Gasteiger partial charge < -0.3 is 9.47 Å². The van der Waals surface area contributed by atoms with E-state index in [-0.39, 0.29) is 5.97 Å². The summed E-state index contributed by atoms with van der Waals surface area (Å²) in [5, 5.41) is 0. The molecule has 18 heavy (non-hydrogen) atoms. The number of ether oxygens (including phenoxy) is 2. The molecular weight excluding hydrogens is 234 g/mol. The molecule has 0 heterocycles. The predicted octanol–water partition coefficient (Wildman–Crippen LogP) is 2.20. The van der Waals surface area contributed by atoms with Crippen LogP contribution in [0.4, 0.5) is 4.79 Å². The van der Waals surface area contributed by atoms with Gasteiger partial charge in [-0.1, -0.05) is 12.8 Å². The van der Waals surface area contributed by atoms with Crippen molar-refractivity contribution in [2.45, 2.75) is 51.7 Å². The summed E-state index contributed by atoms with van der Waals surface area (Å²) in [5.74, 6) is 0.147. The highest BCUT2D eigenvalue weighted by atomic mass is 16.6. The molecule has 0 saturated heterocycles. The minimum atomic E-state index is -0.564. The molecule has 0 bridgehead atoms. The number of hydrogen-bond acceptors (Lipinski definition) is 4. The minimum absolute atomic E-state index is 0.379. The van der Waals surface area contributed by atoms with Gasteiger partial charge in [-0.15, -0.1) is 0 Å². The zero-order valence-corrected chi connectivity index (χ0v) is 11.9. The maximum atomic E-state index is 11.9. The fourth-order valence-electron chi connectivity index (χ4n) is 1.68. The van der Waals surface area contributed by atoms with Gasteiger partial charge in [0.1, 0.15) is 11.6 Å². The number of likely N-dealkylation sites (N-methyl/N-ethyl adjacent to an activating group) is 1. The summed E-state index contributed by atoms with van der Waals surface area (Å²) >= 11 is 0. The van der Waals surface area contributed by atoms with Gasteiger partial charge in [-0.25, -0.2) is 9.59 Å². The van der Waals surface area contributed by atoms with Gasteiger partial charge in [0, 0.05) is 7.05 Å². The number of hydrogen-bond donors (Lipinski definition) is 0. The maximum absolute atomic E-state index is 11.9. The Bertz CT molecular complexity index is 317. The van der Waals surface area contributed by atoms with E-state index in [1.54, 1.807) is 27.8 Å². The molecule has 0 spiro atoms. The lowest BCUT2D eigenvalue weighted by Crippen LogP contribution is -2.45. The molecule has 1 saturated carbocycles. The smallest absolute Gasteiger partial charge is 0.410 e. The van der Waals surface area contributed by atoms with Gasteiger partial charge in [-0.2, -0.15) is 0 Å². The van der Waals surface area contributed by atoms with E-state index in [2.05, 4.69) is 0 Å². The van der Waals surface area contributed by atoms with Crippen molar-refractivity contribution in [2.24, 2.45) is 5.92 Å². The Morgan fingerprint density at radius 2 is 1.89 bits per heavy atom. The molecule has 1 fully saturated rings. The summed E-state index contributed by atoms with van der Waals surface area (Å²) in [6.07, 6.45) is 2.41. The van der Waals surface area contributed by atoms with Gasteiger partial charge in [0.25, 0.3) is 0 Å². The molecule has 1 amide bonds. The average Bonchev–Trinajstić information content (AvgIpc) is 3.05. The van der Waals surface area contributed by atoms with Crippen LogP contribution in [0.3, 0.4) is 0 Å². The molecule has 0 aromatic rings. The Kier molecular flexibility index (Phi) is 4.59. The molecule has 0 aromatic carbocycles.